The summed E-state index contributed by atoms with van der Waals surface area (Å²) >= 11 is 3.32. The van der Waals surface area contributed by atoms with Crippen LogP contribution in [0.5, 0.6) is 0 Å². The molecule has 0 aliphatic rings. The largest absolute Gasteiger partial charge is 0.383 e. The van der Waals surface area contributed by atoms with E-state index in [-0.39, 0.29) is 24.4 Å². The van der Waals surface area contributed by atoms with E-state index in [2.05, 4.69) is 15.9 Å². The first kappa shape index (κ1) is 17.1. The summed E-state index contributed by atoms with van der Waals surface area (Å²) in [5.41, 5.74) is 1.00. The van der Waals surface area contributed by atoms with Crippen molar-refractivity contribution in [1.82, 2.24) is 4.31 Å². The summed E-state index contributed by atoms with van der Waals surface area (Å²) in [6, 6.07) is 8.65. The van der Waals surface area contributed by atoms with E-state index in [0.29, 0.717) is 11.9 Å². The van der Waals surface area contributed by atoms with Crippen LogP contribution in [0.1, 0.15) is 12.0 Å². The minimum Gasteiger partial charge on any atom is -0.383 e. The lowest BCUT2D eigenvalue weighted by Crippen LogP contribution is -2.34. The number of rotatable bonds is 8. The fraction of sp³-hybridized carbons (Fsp3) is 0.462. The molecule has 1 aromatic carbocycles. The Bertz CT molecular complexity index is 552. The fourth-order valence-corrected chi connectivity index (χ4v) is 3.42. The van der Waals surface area contributed by atoms with E-state index in [4.69, 9.17) is 10.00 Å². The third-order valence-electron chi connectivity index (χ3n) is 2.73. The molecule has 5 nitrogen and oxygen atoms in total. The molecule has 0 amide bonds. The van der Waals surface area contributed by atoms with Gasteiger partial charge in [-0.3, -0.25) is 0 Å². The number of benzene rings is 1. The smallest absolute Gasteiger partial charge is 0.243 e. The lowest BCUT2D eigenvalue weighted by molar-refractivity contribution is 0.179. The van der Waals surface area contributed by atoms with Gasteiger partial charge in [-0.2, -0.15) is 9.57 Å². The molecular formula is C13H17BrN2O3S. The van der Waals surface area contributed by atoms with Crippen LogP contribution in [0.4, 0.5) is 0 Å². The van der Waals surface area contributed by atoms with E-state index in [1.165, 1.54) is 11.4 Å². The summed E-state index contributed by atoms with van der Waals surface area (Å²) in [5, 5.41) is 9.31. The van der Waals surface area contributed by atoms with Crippen molar-refractivity contribution in [2.45, 2.75) is 16.6 Å². The zero-order valence-electron chi connectivity index (χ0n) is 11.3. The molecule has 0 aliphatic carbocycles. The molecule has 20 heavy (non-hydrogen) atoms. The second-order valence-corrected chi connectivity index (χ2v) is 6.58. The molecule has 0 saturated carbocycles. The first-order valence-electron chi connectivity index (χ1n) is 6.07. The Morgan fingerprint density at radius 2 is 1.95 bits per heavy atom. The van der Waals surface area contributed by atoms with Crippen LogP contribution in [-0.4, -0.2) is 39.5 Å². The quantitative estimate of drug-likeness (QED) is 0.665. The van der Waals surface area contributed by atoms with Crippen LogP contribution < -0.4 is 0 Å². The predicted molar refractivity (Wildman–Crippen MR) is 79.9 cm³/mol. The van der Waals surface area contributed by atoms with Gasteiger partial charge in [-0.25, -0.2) is 8.42 Å². The monoisotopic (exact) mass is 360 g/mol. The van der Waals surface area contributed by atoms with Crippen LogP contribution in [0.2, 0.25) is 0 Å². The number of nitriles is 1. The molecule has 1 rings (SSSR count). The van der Waals surface area contributed by atoms with Gasteiger partial charge >= 0.3 is 0 Å². The average molecular weight is 361 g/mol. The molecule has 0 aromatic heterocycles. The van der Waals surface area contributed by atoms with Crippen molar-refractivity contribution in [2.24, 2.45) is 0 Å². The maximum atomic E-state index is 12.5. The first-order chi connectivity index (χ1) is 9.56. The van der Waals surface area contributed by atoms with E-state index < -0.39 is 10.0 Å². The number of hydrogen-bond acceptors (Lipinski definition) is 4. The molecule has 0 heterocycles. The van der Waals surface area contributed by atoms with E-state index in [9.17, 15) is 8.42 Å². The zero-order valence-corrected chi connectivity index (χ0v) is 13.7. The van der Waals surface area contributed by atoms with Gasteiger partial charge in [-0.15, -0.1) is 0 Å². The number of sulfonamides is 1. The lowest BCUT2D eigenvalue weighted by atomic mass is 10.2. The molecule has 1 aromatic rings. The number of methoxy groups -OCH3 is 1. The Morgan fingerprint density at radius 3 is 2.45 bits per heavy atom. The zero-order chi connectivity index (χ0) is 15.0. The molecular weight excluding hydrogens is 344 g/mol. The predicted octanol–water partition coefficient (Wildman–Crippen LogP) is 2.13. The Balaban J connectivity index is 2.97. The molecule has 7 heteroatoms. The van der Waals surface area contributed by atoms with Gasteiger partial charge in [-0.1, -0.05) is 28.1 Å². The summed E-state index contributed by atoms with van der Waals surface area (Å²) < 4.78 is 31.2. The van der Waals surface area contributed by atoms with Gasteiger partial charge in [0.05, 0.1) is 17.6 Å². The van der Waals surface area contributed by atoms with Crippen molar-refractivity contribution in [3.63, 3.8) is 0 Å². The molecule has 0 spiro atoms. The summed E-state index contributed by atoms with van der Waals surface area (Å²) in [6.07, 6.45) is 0.155. The van der Waals surface area contributed by atoms with Crippen LogP contribution in [0.3, 0.4) is 0 Å². The summed E-state index contributed by atoms with van der Waals surface area (Å²) in [4.78, 5) is 0.233. The van der Waals surface area contributed by atoms with Gasteiger partial charge in [0.15, 0.2) is 0 Å². The number of halogens is 1. The number of alkyl halides is 1. The van der Waals surface area contributed by atoms with Crippen LogP contribution >= 0.6 is 15.9 Å². The highest BCUT2D eigenvalue weighted by Gasteiger charge is 2.23. The van der Waals surface area contributed by atoms with Crippen molar-refractivity contribution in [1.29, 1.82) is 5.26 Å². The van der Waals surface area contributed by atoms with Crippen molar-refractivity contribution in [2.75, 3.05) is 26.8 Å². The Labute approximate surface area is 128 Å². The first-order valence-corrected chi connectivity index (χ1v) is 8.63. The number of nitrogens with zero attached hydrogens (tertiary/aromatic N) is 2. The van der Waals surface area contributed by atoms with Gasteiger partial charge in [0, 0.05) is 32.0 Å². The van der Waals surface area contributed by atoms with Gasteiger partial charge in [0.1, 0.15) is 0 Å². The Hall–Kier alpha value is -0.940. The number of hydrogen-bond donors (Lipinski definition) is 0. The maximum absolute atomic E-state index is 12.5. The van der Waals surface area contributed by atoms with Crippen LogP contribution in [-0.2, 0) is 20.1 Å². The normalized spacial score (nSPS) is 11.5. The van der Waals surface area contributed by atoms with Crippen molar-refractivity contribution in [3.05, 3.63) is 29.8 Å². The maximum Gasteiger partial charge on any atom is 0.243 e. The molecule has 0 fully saturated rings. The molecule has 0 bridgehead atoms. The van der Waals surface area contributed by atoms with Crippen molar-refractivity contribution < 1.29 is 13.2 Å². The van der Waals surface area contributed by atoms with Crippen LogP contribution in [0.15, 0.2) is 29.2 Å². The SMILES string of the molecule is COCCN(CCC#N)S(=O)(=O)c1ccc(CBr)cc1. The fourth-order valence-electron chi connectivity index (χ4n) is 1.62. The van der Waals surface area contributed by atoms with Crippen LogP contribution in [0.25, 0.3) is 0 Å². The van der Waals surface area contributed by atoms with E-state index in [1.807, 2.05) is 6.07 Å². The molecule has 110 valence electrons. The van der Waals surface area contributed by atoms with E-state index in [0.717, 1.165) is 5.56 Å². The highest BCUT2D eigenvalue weighted by atomic mass is 79.9. The van der Waals surface area contributed by atoms with Gasteiger partial charge in [0.2, 0.25) is 10.0 Å². The topological polar surface area (TPSA) is 70.4 Å². The van der Waals surface area contributed by atoms with E-state index >= 15 is 0 Å². The molecule has 0 unspecified atom stereocenters. The van der Waals surface area contributed by atoms with Gasteiger partial charge < -0.3 is 4.74 Å². The molecule has 0 atom stereocenters. The molecule has 0 aliphatic heterocycles. The van der Waals surface area contributed by atoms with Gasteiger partial charge in [0.25, 0.3) is 0 Å². The third kappa shape index (κ3) is 4.56. The third-order valence-corrected chi connectivity index (χ3v) is 5.29. The lowest BCUT2D eigenvalue weighted by Gasteiger charge is -2.20. The Morgan fingerprint density at radius 1 is 1.30 bits per heavy atom. The standard InChI is InChI=1S/C13H17BrN2O3S/c1-19-10-9-16(8-2-7-15)20(17,18)13-5-3-12(11-14)4-6-13/h3-6H,2,8-11H2,1H3. The van der Waals surface area contributed by atoms with Gasteiger partial charge in [-0.05, 0) is 17.7 Å². The molecule has 0 saturated heterocycles. The summed E-state index contributed by atoms with van der Waals surface area (Å²) in [7, 11) is -2.07. The second kappa shape index (κ2) is 8.37. The highest BCUT2D eigenvalue weighted by molar-refractivity contribution is 9.08. The summed E-state index contributed by atoms with van der Waals surface area (Å²) in [6.45, 7) is 0.702. The molecule has 0 N–H and O–H groups in total. The minimum absolute atomic E-state index is 0.155. The second-order valence-electron chi connectivity index (χ2n) is 4.08. The van der Waals surface area contributed by atoms with Crippen LogP contribution in [0, 0.1) is 11.3 Å². The Kier molecular flexibility index (Phi) is 7.16. The van der Waals surface area contributed by atoms with Crippen molar-refractivity contribution in [3.8, 4) is 6.07 Å². The minimum atomic E-state index is -3.58. The van der Waals surface area contributed by atoms with Crippen molar-refractivity contribution >= 4 is 26.0 Å². The average Bonchev–Trinajstić information content (AvgIpc) is 2.47. The van der Waals surface area contributed by atoms with E-state index in [1.54, 1.807) is 24.3 Å². The molecule has 0 radical (unpaired) electrons. The number of ether oxygens (including phenoxy) is 1. The highest BCUT2D eigenvalue weighted by Crippen LogP contribution is 2.17. The summed E-state index contributed by atoms with van der Waals surface area (Å²) in [5.74, 6) is 0.